The summed E-state index contributed by atoms with van der Waals surface area (Å²) in [6, 6.07) is 1.50. The van der Waals surface area contributed by atoms with Gasteiger partial charge in [0.1, 0.15) is 0 Å². The maximum atomic E-state index is 13.1. The molecule has 3 fully saturated rings. The molecule has 10 heteroatoms. The van der Waals surface area contributed by atoms with Gasteiger partial charge in [0.2, 0.25) is 0 Å². The number of allylic oxidation sites excluding steroid dienone is 1. The molecule has 4 rings (SSSR count). The van der Waals surface area contributed by atoms with Gasteiger partial charge in [-0.2, -0.15) is 26.3 Å². The Bertz CT molecular complexity index is 973. The van der Waals surface area contributed by atoms with E-state index in [4.69, 9.17) is 0 Å². The SMILES string of the molecule is CC1CCCCC1NC(CN1CCC(CNC(=O)c2cc(C(F)(F)F)cc(C(F)(F)F)c2)CC1)=C1CCC1. The summed E-state index contributed by atoms with van der Waals surface area (Å²) in [5.41, 5.74) is -0.718. The third kappa shape index (κ3) is 7.45. The first-order chi connectivity index (χ1) is 17.9. The molecule has 4 nitrogen and oxygen atoms in total. The largest absolute Gasteiger partial charge is 0.416 e. The molecule has 0 radical (unpaired) electrons. The maximum absolute atomic E-state index is 13.1. The van der Waals surface area contributed by atoms with Crippen LogP contribution in [0.2, 0.25) is 0 Å². The fourth-order valence-electron chi connectivity index (χ4n) is 5.67. The minimum Gasteiger partial charge on any atom is -0.384 e. The molecular formula is C28H37F6N3O. The van der Waals surface area contributed by atoms with E-state index in [0.29, 0.717) is 24.1 Å². The lowest BCUT2D eigenvalue weighted by Gasteiger charge is -2.37. The second-order valence-electron chi connectivity index (χ2n) is 11.2. The van der Waals surface area contributed by atoms with Crippen LogP contribution in [0.5, 0.6) is 0 Å². The molecule has 0 aromatic heterocycles. The van der Waals surface area contributed by atoms with Gasteiger partial charge in [0.25, 0.3) is 5.91 Å². The van der Waals surface area contributed by atoms with Crippen molar-refractivity contribution in [3.05, 3.63) is 46.2 Å². The first-order valence-electron chi connectivity index (χ1n) is 13.7. The van der Waals surface area contributed by atoms with Crippen LogP contribution in [0.3, 0.4) is 0 Å². The topological polar surface area (TPSA) is 44.4 Å². The quantitative estimate of drug-likeness (QED) is 0.372. The van der Waals surface area contributed by atoms with E-state index in [9.17, 15) is 31.1 Å². The molecule has 2 unspecified atom stereocenters. The number of hydrogen-bond donors (Lipinski definition) is 2. The summed E-state index contributed by atoms with van der Waals surface area (Å²) in [6.07, 6.45) is 0.200. The van der Waals surface area contributed by atoms with Gasteiger partial charge in [-0.1, -0.05) is 19.8 Å². The second kappa shape index (κ2) is 11.9. The molecule has 1 saturated heterocycles. The number of benzene rings is 1. The zero-order chi connectivity index (χ0) is 27.5. The number of carbonyl (C=O) groups excluding carboxylic acids is 1. The zero-order valence-electron chi connectivity index (χ0n) is 21.8. The van der Waals surface area contributed by atoms with Gasteiger partial charge in [-0.25, -0.2) is 0 Å². The molecular weight excluding hydrogens is 508 g/mol. The normalized spacial score (nSPS) is 23.6. The maximum Gasteiger partial charge on any atom is 0.416 e. The van der Waals surface area contributed by atoms with Gasteiger partial charge in [-0.05, 0) is 93.6 Å². The van der Waals surface area contributed by atoms with E-state index in [-0.39, 0.29) is 18.5 Å². The van der Waals surface area contributed by atoms with Gasteiger partial charge in [0, 0.05) is 30.4 Å². The molecule has 2 N–H and O–H groups in total. The van der Waals surface area contributed by atoms with Crippen molar-refractivity contribution in [2.45, 2.75) is 83.1 Å². The molecule has 38 heavy (non-hydrogen) atoms. The van der Waals surface area contributed by atoms with E-state index < -0.39 is 35.0 Å². The smallest absolute Gasteiger partial charge is 0.384 e. The molecule has 2 atom stereocenters. The second-order valence-corrected chi connectivity index (χ2v) is 11.2. The van der Waals surface area contributed by atoms with E-state index in [0.717, 1.165) is 45.3 Å². The highest BCUT2D eigenvalue weighted by Gasteiger charge is 2.37. The van der Waals surface area contributed by atoms with Gasteiger partial charge in [-0.15, -0.1) is 0 Å². The van der Waals surface area contributed by atoms with Crippen molar-refractivity contribution < 1.29 is 31.1 Å². The summed E-state index contributed by atoms with van der Waals surface area (Å²) in [7, 11) is 0. The van der Waals surface area contributed by atoms with Crippen LogP contribution in [0.15, 0.2) is 29.5 Å². The summed E-state index contributed by atoms with van der Waals surface area (Å²) < 4.78 is 78.7. The Kier molecular flexibility index (Phi) is 9.00. The van der Waals surface area contributed by atoms with Crippen molar-refractivity contribution in [2.24, 2.45) is 11.8 Å². The number of likely N-dealkylation sites (tertiary alicyclic amines) is 1. The van der Waals surface area contributed by atoms with E-state index in [1.807, 2.05) is 0 Å². The van der Waals surface area contributed by atoms with Crippen molar-refractivity contribution in [2.75, 3.05) is 26.2 Å². The average molecular weight is 546 g/mol. The van der Waals surface area contributed by atoms with Crippen LogP contribution < -0.4 is 10.6 Å². The standard InChI is InChI=1S/C28H37F6N3O/c1-18-5-2-3-8-24(18)36-25(20-6-4-7-20)17-37-11-9-19(10-12-37)16-35-26(38)21-13-22(27(29,30)31)15-23(14-21)28(32,33)34/h13-15,18-19,24,36H,2-12,16-17H2,1H3,(H,35,38). The fourth-order valence-corrected chi connectivity index (χ4v) is 5.67. The monoisotopic (exact) mass is 545 g/mol. The number of piperidine rings is 1. The molecule has 1 aromatic rings. The molecule has 1 amide bonds. The summed E-state index contributed by atoms with van der Waals surface area (Å²) in [5.74, 6) is -0.140. The molecule has 212 valence electrons. The van der Waals surface area contributed by atoms with Gasteiger partial charge in [-0.3, -0.25) is 9.69 Å². The van der Waals surface area contributed by atoms with E-state index in [2.05, 4.69) is 22.5 Å². The number of halogens is 6. The Hall–Kier alpha value is -2.23. The number of alkyl halides is 6. The number of rotatable bonds is 7. The van der Waals surface area contributed by atoms with Crippen molar-refractivity contribution in [3.63, 3.8) is 0 Å². The summed E-state index contributed by atoms with van der Waals surface area (Å²) in [5, 5.41) is 6.44. The molecule has 1 aromatic carbocycles. The van der Waals surface area contributed by atoms with Crippen molar-refractivity contribution in [1.82, 2.24) is 15.5 Å². The predicted octanol–water partition coefficient (Wildman–Crippen LogP) is 6.77. The third-order valence-electron chi connectivity index (χ3n) is 8.35. The first-order valence-corrected chi connectivity index (χ1v) is 13.7. The molecule has 3 aliphatic rings. The van der Waals surface area contributed by atoms with Crippen LogP contribution in [-0.2, 0) is 12.4 Å². The number of nitrogens with zero attached hydrogens (tertiary/aromatic N) is 1. The molecule has 1 heterocycles. The molecule has 2 aliphatic carbocycles. The highest BCUT2D eigenvalue weighted by atomic mass is 19.4. The molecule has 2 saturated carbocycles. The highest BCUT2D eigenvalue weighted by molar-refractivity contribution is 5.94. The van der Waals surface area contributed by atoms with E-state index in [1.165, 1.54) is 43.4 Å². The number of carbonyl (C=O) groups is 1. The Balaban J connectivity index is 1.30. The number of hydrogen-bond acceptors (Lipinski definition) is 3. The lowest BCUT2D eigenvalue weighted by molar-refractivity contribution is -0.143. The summed E-state index contributed by atoms with van der Waals surface area (Å²) in [4.78, 5) is 14.9. The van der Waals surface area contributed by atoms with Gasteiger partial charge < -0.3 is 10.6 Å². The van der Waals surface area contributed by atoms with E-state index in [1.54, 1.807) is 0 Å². The fraction of sp³-hybridized carbons (Fsp3) is 0.679. The molecule has 1 aliphatic heterocycles. The number of amides is 1. The first kappa shape index (κ1) is 28.8. The van der Waals surface area contributed by atoms with Crippen molar-refractivity contribution >= 4 is 5.91 Å². The van der Waals surface area contributed by atoms with Gasteiger partial charge in [0.05, 0.1) is 11.1 Å². The highest BCUT2D eigenvalue weighted by Crippen LogP contribution is 2.36. The zero-order valence-corrected chi connectivity index (χ0v) is 21.8. The summed E-state index contributed by atoms with van der Waals surface area (Å²) in [6.45, 7) is 5.09. The van der Waals surface area contributed by atoms with Crippen LogP contribution in [0.1, 0.15) is 86.2 Å². The lowest BCUT2D eigenvalue weighted by Crippen LogP contribution is -2.44. The Morgan fingerprint density at radius 3 is 2.03 bits per heavy atom. The minimum atomic E-state index is -4.99. The Morgan fingerprint density at radius 2 is 1.50 bits per heavy atom. The van der Waals surface area contributed by atoms with Crippen LogP contribution in [-0.4, -0.2) is 43.0 Å². The molecule has 0 bridgehead atoms. The Labute approximate surface area is 220 Å². The van der Waals surface area contributed by atoms with Crippen LogP contribution >= 0.6 is 0 Å². The Morgan fingerprint density at radius 1 is 0.895 bits per heavy atom. The lowest BCUT2D eigenvalue weighted by atomic mass is 9.84. The van der Waals surface area contributed by atoms with Crippen LogP contribution in [0.4, 0.5) is 26.3 Å². The number of nitrogens with one attached hydrogen (secondary N) is 2. The van der Waals surface area contributed by atoms with Crippen molar-refractivity contribution in [1.29, 1.82) is 0 Å². The third-order valence-corrected chi connectivity index (χ3v) is 8.35. The molecule has 0 spiro atoms. The predicted molar refractivity (Wildman–Crippen MR) is 133 cm³/mol. The minimum absolute atomic E-state index is 0.0312. The van der Waals surface area contributed by atoms with Gasteiger partial charge >= 0.3 is 12.4 Å². The summed E-state index contributed by atoms with van der Waals surface area (Å²) >= 11 is 0. The average Bonchev–Trinajstić information content (AvgIpc) is 2.82. The van der Waals surface area contributed by atoms with Gasteiger partial charge in [0.15, 0.2) is 0 Å². The van der Waals surface area contributed by atoms with E-state index >= 15 is 0 Å². The van der Waals surface area contributed by atoms with Crippen molar-refractivity contribution in [3.8, 4) is 0 Å². The van der Waals surface area contributed by atoms with Crippen LogP contribution in [0, 0.1) is 11.8 Å². The van der Waals surface area contributed by atoms with Crippen LogP contribution in [0.25, 0.3) is 0 Å².